The Kier molecular flexibility index (Phi) is 7.94. The largest absolute Gasteiger partial charge is 0.484 e. The van der Waals surface area contributed by atoms with Crippen LogP contribution in [0.25, 0.3) is 0 Å². The molecule has 0 saturated carbocycles. The fourth-order valence-electron chi connectivity index (χ4n) is 3.70. The summed E-state index contributed by atoms with van der Waals surface area (Å²) < 4.78 is 33.9. The molecular weight excluding hydrogens is 462 g/mol. The first kappa shape index (κ1) is 25.2. The number of nitrogens with one attached hydrogen (secondary N) is 2. The van der Waals surface area contributed by atoms with E-state index in [1.54, 1.807) is 31.3 Å². The van der Waals surface area contributed by atoms with E-state index < -0.39 is 15.9 Å². The average Bonchev–Trinajstić information content (AvgIpc) is 3.22. The second-order valence-electron chi connectivity index (χ2n) is 7.97. The molecule has 1 fully saturated rings. The van der Waals surface area contributed by atoms with Gasteiger partial charge in [0.05, 0.1) is 0 Å². The molecule has 0 bridgehead atoms. The molecule has 184 valence electrons. The molecule has 34 heavy (non-hydrogen) atoms. The van der Waals surface area contributed by atoms with Gasteiger partial charge in [0.25, 0.3) is 11.8 Å². The second kappa shape index (κ2) is 10.7. The predicted octanol–water partition coefficient (Wildman–Crippen LogP) is 0.678. The van der Waals surface area contributed by atoms with Gasteiger partial charge in [-0.25, -0.2) is 8.42 Å². The summed E-state index contributed by atoms with van der Waals surface area (Å²) in [5.74, 6) is -0.946. The van der Waals surface area contributed by atoms with Crippen LogP contribution in [0.1, 0.15) is 30.3 Å². The van der Waals surface area contributed by atoms with Crippen molar-refractivity contribution in [1.82, 2.24) is 14.2 Å². The highest BCUT2D eigenvalue weighted by Crippen LogP contribution is 2.26. The van der Waals surface area contributed by atoms with Crippen LogP contribution in [0.15, 0.2) is 41.4 Å². The molecule has 1 saturated heterocycles. The number of nitrogens with two attached hydrogens (primary N) is 1. The second-order valence-corrected chi connectivity index (χ2v) is 9.91. The highest BCUT2D eigenvalue weighted by molar-refractivity contribution is 7.89. The first-order valence-electron chi connectivity index (χ1n) is 10.9. The Hall–Kier alpha value is -3.38. The van der Waals surface area contributed by atoms with Gasteiger partial charge in [-0.15, -0.1) is 0 Å². The summed E-state index contributed by atoms with van der Waals surface area (Å²) in [5, 5.41) is 5.47. The zero-order chi connectivity index (χ0) is 24.9. The Morgan fingerprint density at radius 3 is 2.35 bits per heavy atom. The topological polar surface area (TPSA) is 153 Å². The van der Waals surface area contributed by atoms with E-state index in [1.807, 2.05) is 6.92 Å². The molecule has 0 aliphatic carbocycles. The van der Waals surface area contributed by atoms with Crippen LogP contribution in [0, 0.1) is 5.92 Å². The molecule has 1 aliphatic rings. The number of sulfonamides is 1. The van der Waals surface area contributed by atoms with Crippen molar-refractivity contribution < 1.29 is 27.5 Å². The van der Waals surface area contributed by atoms with E-state index in [1.165, 1.54) is 21.1 Å². The summed E-state index contributed by atoms with van der Waals surface area (Å²) in [6.45, 7) is 2.64. The summed E-state index contributed by atoms with van der Waals surface area (Å²) in [4.78, 5) is 35.6. The van der Waals surface area contributed by atoms with Crippen LogP contribution in [0.3, 0.4) is 0 Å². The standard InChI is InChI=1S/C22H29N5O6S/c1-3-24-20(28)14-33-17-6-4-16(5-7-17)25-22(30)15-8-10-27(11-9-15)34(31,32)18-12-19(21(23)29)26(2)13-18/h4-7,12-13,15H,3,8-11,14H2,1-2H3,(H2,23,29)(H,24,28)(H,25,30). The molecule has 11 nitrogen and oxygen atoms in total. The minimum Gasteiger partial charge on any atom is -0.484 e. The fourth-order valence-corrected chi connectivity index (χ4v) is 5.25. The van der Waals surface area contributed by atoms with E-state index in [9.17, 15) is 22.8 Å². The average molecular weight is 492 g/mol. The number of aryl methyl sites for hydroxylation is 1. The number of piperidine rings is 1. The number of primary amides is 1. The van der Waals surface area contributed by atoms with Gasteiger partial charge in [0.15, 0.2) is 6.61 Å². The number of hydrogen-bond acceptors (Lipinski definition) is 6. The van der Waals surface area contributed by atoms with Crippen LogP contribution in [0.2, 0.25) is 0 Å². The van der Waals surface area contributed by atoms with Crippen molar-refractivity contribution in [3.63, 3.8) is 0 Å². The van der Waals surface area contributed by atoms with Gasteiger partial charge in [0.2, 0.25) is 15.9 Å². The zero-order valence-corrected chi connectivity index (χ0v) is 19.9. The molecular formula is C22H29N5O6S. The molecule has 4 N–H and O–H groups in total. The van der Waals surface area contributed by atoms with Crippen LogP contribution in [0.5, 0.6) is 5.75 Å². The maximum absolute atomic E-state index is 12.9. The third-order valence-corrected chi connectivity index (χ3v) is 7.42. The van der Waals surface area contributed by atoms with Gasteiger partial charge < -0.3 is 25.7 Å². The number of ether oxygens (including phenoxy) is 1. The first-order valence-corrected chi connectivity index (χ1v) is 12.3. The Balaban J connectivity index is 1.53. The van der Waals surface area contributed by atoms with Crippen molar-refractivity contribution in [2.75, 3.05) is 31.6 Å². The summed E-state index contributed by atoms with van der Waals surface area (Å²) in [5.41, 5.74) is 5.96. The van der Waals surface area contributed by atoms with Crippen LogP contribution < -0.4 is 21.1 Å². The summed E-state index contributed by atoms with van der Waals surface area (Å²) >= 11 is 0. The van der Waals surface area contributed by atoms with Crippen LogP contribution in [-0.4, -0.2) is 61.3 Å². The van der Waals surface area contributed by atoms with Gasteiger partial charge in [-0.1, -0.05) is 0 Å². The van der Waals surface area contributed by atoms with Gasteiger partial charge in [0, 0.05) is 44.5 Å². The van der Waals surface area contributed by atoms with E-state index in [4.69, 9.17) is 10.5 Å². The number of aromatic nitrogens is 1. The number of anilines is 1. The monoisotopic (exact) mass is 491 g/mol. The maximum Gasteiger partial charge on any atom is 0.265 e. The number of carbonyl (C=O) groups excluding carboxylic acids is 3. The van der Waals surface area contributed by atoms with Gasteiger partial charge >= 0.3 is 0 Å². The Labute approximate surface area is 198 Å². The first-order chi connectivity index (χ1) is 16.1. The van der Waals surface area contributed by atoms with Crippen molar-refractivity contribution >= 4 is 33.4 Å². The van der Waals surface area contributed by atoms with Crippen molar-refractivity contribution in [3.8, 4) is 5.75 Å². The zero-order valence-electron chi connectivity index (χ0n) is 19.1. The van der Waals surface area contributed by atoms with E-state index in [-0.39, 0.29) is 48.0 Å². The molecule has 1 aromatic heterocycles. The van der Waals surface area contributed by atoms with E-state index in [0.717, 1.165) is 0 Å². The van der Waals surface area contributed by atoms with E-state index >= 15 is 0 Å². The molecule has 1 aromatic carbocycles. The molecule has 3 amide bonds. The smallest absolute Gasteiger partial charge is 0.265 e. The predicted molar refractivity (Wildman–Crippen MR) is 125 cm³/mol. The van der Waals surface area contributed by atoms with Gasteiger partial charge in [-0.3, -0.25) is 14.4 Å². The number of hydrogen-bond donors (Lipinski definition) is 3. The van der Waals surface area contributed by atoms with Crippen molar-refractivity contribution in [3.05, 3.63) is 42.2 Å². The Bertz CT molecular complexity index is 1150. The SMILES string of the molecule is CCNC(=O)COc1ccc(NC(=O)C2CCN(S(=O)(=O)c3cc(C(N)=O)n(C)c3)CC2)cc1. The van der Waals surface area contributed by atoms with E-state index in [2.05, 4.69) is 10.6 Å². The fraction of sp³-hybridized carbons (Fsp3) is 0.409. The van der Waals surface area contributed by atoms with E-state index in [0.29, 0.717) is 30.8 Å². The lowest BCUT2D eigenvalue weighted by Gasteiger charge is -2.30. The number of rotatable bonds is 9. The summed E-state index contributed by atoms with van der Waals surface area (Å²) in [7, 11) is -2.24. The van der Waals surface area contributed by atoms with Crippen molar-refractivity contribution in [2.24, 2.45) is 18.7 Å². The van der Waals surface area contributed by atoms with Crippen molar-refractivity contribution in [2.45, 2.75) is 24.7 Å². The number of amides is 3. The molecule has 0 radical (unpaired) electrons. The third kappa shape index (κ3) is 5.94. The Morgan fingerprint density at radius 2 is 1.79 bits per heavy atom. The molecule has 12 heteroatoms. The third-order valence-electron chi connectivity index (χ3n) is 5.56. The number of carbonyl (C=O) groups is 3. The molecule has 2 aromatic rings. The van der Waals surface area contributed by atoms with Gasteiger partial charge in [-0.05, 0) is 50.1 Å². The molecule has 0 atom stereocenters. The van der Waals surface area contributed by atoms with Crippen LogP contribution in [0.4, 0.5) is 5.69 Å². The quantitative estimate of drug-likeness (QED) is 0.469. The molecule has 2 heterocycles. The Morgan fingerprint density at radius 1 is 1.15 bits per heavy atom. The number of nitrogens with zero attached hydrogens (tertiary/aromatic N) is 2. The number of benzene rings is 1. The minimum atomic E-state index is -3.79. The van der Waals surface area contributed by atoms with Crippen molar-refractivity contribution in [1.29, 1.82) is 0 Å². The summed E-state index contributed by atoms with van der Waals surface area (Å²) in [6, 6.07) is 7.93. The lowest BCUT2D eigenvalue weighted by molar-refractivity contribution is -0.123. The highest BCUT2D eigenvalue weighted by atomic mass is 32.2. The van der Waals surface area contributed by atoms with Crippen LogP contribution in [-0.2, 0) is 26.7 Å². The molecule has 0 unspecified atom stereocenters. The summed E-state index contributed by atoms with van der Waals surface area (Å²) in [6.07, 6.45) is 2.10. The van der Waals surface area contributed by atoms with Crippen LogP contribution >= 0.6 is 0 Å². The lowest BCUT2D eigenvalue weighted by atomic mass is 9.97. The number of likely N-dealkylation sites (N-methyl/N-ethyl adjacent to an activating group) is 1. The molecule has 0 spiro atoms. The normalized spacial score (nSPS) is 15.0. The van der Waals surface area contributed by atoms with Gasteiger partial charge in [0.1, 0.15) is 16.3 Å². The maximum atomic E-state index is 12.9. The highest BCUT2D eigenvalue weighted by Gasteiger charge is 2.33. The minimum absolute atomic E-state index is 0.00110. The lowest BCUT2D eigenvalue weighted by Crippen LogP contribution is -2.41. The molecule has 3 rings (SSSR count). The molecule has 1 aliphatic heterocycles. The van der Waals surface area contributed by atoms with Gasteiger partial charge in [-0.2, -0.15) is 4.31 Å².